The van der Waals surface area contributed by atoms with Gasteiger partial charge in [0, 0.05) is 18.5 Å². The standard InChI is InChI=1S/C18H20N6O2/c1-2-23-11-20-22-18(23)15-10-24(7-8-26-15)16-9-13(17(19)25)12-5-3-4-6-14(12)21-16/h3-6,9,11,15H,2,7-8,10H2,1H3,(H2,19,25). The highest BCUT2D eigenvalue weighted by molar-refractivity contribution is 6.06. The maximum absolute atomic E-state index is 11.9. The Balaban J connectivity index is 1.70. The van der Waals surface area contributed by atoms with Crippen LogP contribution in [0.3, 0.4) is 0 Å². The first kappa shape index (κ1) is 16.5. The molecule has 4 rings (SSSR count). The van der Waals surface area contributed by atoms with Gasteiger partial charge in [0.25, 0.3) is 0 Å². The van der Waals surface area contributed by atoms with Gasteiger partial charge >= 0.3 is 0 Å². The van der Waals surface area contributed by atoms with Crippen molar-refractivity contribution in [2.24, 2.45) is 5.73 Å². The van der Waals surface area contributed by atoms with E-state index in [1.54, 1.807) is 12.4 Å². The molecule has 0 saturated carbocycles. The Labute approximate surface area is 150 Å². The minimum absolute atomic E-state index is 0.198. The molecule has 1 aromatic carbocycles. The SMILES string of the molecule is CCn1cnnc1C1CN(c2cc(C(N)=O)c3ccccc3n2)CCO1. The lowest BCUT2D eigenvalue weighted by Crippen LogP contribution is -2.40. The van der Waals surface area contributed by atoms with Gasteiger partial charge in [-0.1, -0.05) is 18.2 Å². The molecule has 0 spiro atoms. The molecule has 1 aliphatic heterocycles. The maximum atomic E-state index is 11.9. The number of primary amides is 1. The summed E-state index contributed by atoms with van der Waals surface area (Å²) in [4.78, 5) is 18.7. The van der Waals surface area contributed by atoms with E-state index in [0.717, 1.165) is 23.3 Å². The van der Waals surface area contributed by atoms with Crippen LogP contribution in [0.2, 0.25) is 0 Å². The molecule has 0 bridgehead atoms. The van der Waals surface area contributed by atoms with E-state index in [1.165, 1.54) is 0 Å². The summed E-state index contributed by atoms with van der Waals surface area (Å²) in [6.07, 6.45) is 1.51. The molecule has 1 amide bonds. The quantitative estimate of drug-likeness (QED) is 0.764. The number of hydrogen-bond donors (Lipinski definition) is 1. The summed E-state index contributed by atoms with van der Waals surface area (Å²) in [5.41, 5.74) is 6.81. The summed E-state index contributed by atoms with van der Waals surface area (Å²) in [6.45, 7) is 4.63. The van der Waals surface area contributed by atoms with Crippen LogP contribution >= 0.6 is 0 Å². The lowest BCUT2D eigenvalue weighted by Gasteiger charge is -2.33. The molecule has 8 nitrogen and oxygen atoms in total. The second-order valence-electron chi connectivity index (χ2n) is 6.19. The maximum Gasteiger partial charge on any atom is 0.249 e. The number of para-hydroxylation sites is 1. The number of carbonyl (C=O) groups is 1. The zero-order valence-corrected chi connectivity index (χ0v) is 14.5. The predicted octanol–water partition coefficient (Wildman–Crippen LogP) is 1.52. The average molecular weight is 352 g/mol. The Kier molecular flexibility index (Phi) is 4.26. The number of nitrogens with two attached hydrogens (primary N) is 1. The molecule has 0 radical (unpaired) electrons. The number of carbonyl (C=O) groups excluding carboxylic acids is 1. The number of aryl methyl sites for hydroxylation is 1. The normalized spacial score (nSPS) is 17.6. The Hall–Kier alpha value is -3.00. The molecule has 0 aliphatic carbocycles. The Morgan fingerprint density at radius 1 is 1.38 bits per heavy atom. The molecular formula is C18H20N6O2. The number of fused-ring (bicyclic) bond motifs is 1. The van der Waals surface area contributed by atoms with Crippen LogP contribution in [-0.4, -0.2) is 45.4 Å². The molecule has 8 heteroatoms. The Morgan fingerprint density at radius 3 is 3.04 bits per heavy atom. The van der Waals surface area contributed by atoms with Crippen molar-refractivity contribution in [1.29, 1.82) is 0 Å². The molecule has 1 unspecified atom stereocenters. The van der Waals surface area contributed by atoms with Crippen molar-refractivity contribution in [3.8, 4) is 0 Å². The minimum Gasteiger partial charge on any atom is -0.366 e. The van der Waals surface area contributed by atoms with Gasteiger partial charge in [0.05, 0.1) is 24.2 Å². The number of pyridine rings is 1. The van der Waals surface area contributed by atoms with Crippen molar-refractivity contribution in [1.82, 2.24) is 19.7 Å². The molecule has 2 N–H and O–H groups in total. The molecule has 1 fully saturated rings. The minimum atomic E-state index is -0.458. The molecule has 3 aromatic rings. The highest BCUT2D eigenvalue weighted by Crippen LogP contribution is 2.27. The predicted molar refractivity (Wildman–Crippen MR) is 96.9 cm³/mol. The number of amides is 1. The van der Waals surface area contributed by atoms with Crippen LogP contribution in [0.1, 0.15) is 29.2 Å². The smallest absolute Gasteiger partial charge is 0.249 e. The third-order valence-electron chi connectivity index (χ3n) is 4.63. The molecular weight excluding hydrogens is 332 g/mol. The van der Waals surface area contributed by atoms with Crippen molar-refractivity contribution in [3.05, 3.63) is 48.0 Å². The number of aromatic nitrogens is 4. The van der Waals surface area contributed by atoms with E-state index in [1.807, 2.05) is 35.8 Å². The second-order valence-corrected chi connectivity index (χ2v) is 6.19. The lowest BCUT2D eigenvalue weighted by molar-refractivity contribution is 0.0314. The van der Waals surface area contributed by atoms with Gasteiger partial charge in [-0.15, -0.1) is 10.2 Å². The molecule has 2 aromatic heterocycles. The van der Waals surface area contributed by atoms with Crippen LogP contribution in [0.15, 0.2) is 36.7 Å². The van der Waals surface area contributed by atoms with E-state index in [4.69, 9.17) is 15.5 Å². The Bertz CT molecular complexity index is 954. The van der Waals surface area contributed by atoms with E-state index in [2.05, 4.69) is 15.1 Å². The number of hydrogen-bond acceptors (Lipinski definition) is 6. The van der Waals surface area contributed by atoms with E-state index in [0.29, 0.717) is 31.1 Å². The number of ether oxygens (including phenoxy) is 1. The summed E-state index contributed by atoms with van der Waals surface area (Å²) in [5, 5.41) is 8.95. The lowest BCUT2D eigenvalue weighted by atomic mass is 10.1. The molecule has 1 aliphatic rings. The van der Waals surface area contributed by atoms with Gasteiger partial charge < -0.3 is 19.9 Å². The van der Waals surface area contributed by atoms with Gasteiger partial charge in [-0.2, -0.15) is 0 Å². The van der Waals surface area contributed by atoms with E-state index in [9.17, 15) is 4.79 Å². The van der Waals surface area contributed by atoms with Crippen LogP contribution in [0, 0.1) is 0 Å². The first-order valence-electron chi connectivity index (χ1n) is 8.61. The van der Waals surface area contributed by atoms with Crippen LogP contribution in [0.4, 0.5) is 5.82 Å². The monoisotopic (exact) mass is 352 g/mol. The zero-order chi connectivity index (χ0) is 18.1. The van der Waals surface area contributed by atoms with Crippen molar-refractivity contribution >= 4 is 22.6 Å². The molecule has 26 heavy (non-hydrogen) atoms. The number of morpholine rings is 1. The van der Waals surface area contributed by atoms with Crippen LogP contribution in [0.5, 0.6) is 0 Å². The highest BCUT2D eigenvalue weighted by Gasteiger charge is 2.27. The van der Waals surface area contributed by atoms with E-state index < -0.39 is 5.91 Å². The fourth-order valence-corrected chi connectivity index (χ4v) is 3.30. The largest absolute Gasteiger partial charge is 0.366 e. The topological polar surface area (TPSA) is 99.2 Å². The third kappa shape index (κ3) is 2.88. The first-order chi connectivity index (χ1) is 12.7. The second kappa shape index (κ2) is 6.72. The van der Waals surface area contributed by atoms with E-state index in [-0.39, 0.29) is 6.10 Å². The molecule has 1 atom stereocenters. The summed E-state index contributed by atoms with van der Waals surface area (Å²) >= 11 is 0. The van der Waals surface area contributed by atoms with Crippen molar-refractivity contribution < 1.29 is 9.53 Å². The number of rotatable bonds is 4. The van der Waals surface area contributed by atoms with Crippen LogP contribution in [0.25, 0.3) is 10.9 Å². The van der Waals surface area contributed by atoms with Gasteiger partial charge in [0.2, 0.25) is 5.91 Å². The van der Waals surface area contributed by atoms with E-state index >= 15 is 0 Å². The summed E-state index contributed by atoms with van der Waals surface area (Å²) in [5.74, 6) is 1.06. The third-order valence-corrected chi connectivity index (χ3v) is 4.63. The van der Waals surface area contributed by atoms with Crippen molar-refractivity contribution in [3.63, 3.8) is 0 Å². The van der Waals surface area contributed by atoms with Gasteiger partial charge in [-0.05, 0) is 19.1 Å². The van der Waals surface area contributed by atoms with Gasteiger partial charge in [-0.25, -0.2) is 4.98 Å². The van der Waals surface area contributed by atoms with Gasteiger partial charge in [0.1, 0.15) is 18.2 Å². The highest BCUT2D eigenvalue weighted by atomic mass is 16.5. The molecule has 134 valence electrons. The number of nitrogens with zero attached hydrogens (tertiary/aromatic N) is 5. The number of benzene rings is 1. The average Bonchev–Trinajstić information content (AvgIpc) is 3.16. The number of anilines is 1. The van der Waals surface area contributed by atoms with Crippen LogP contribution < -0.4 is 10.6 Å². The van der Waals surface area contributed by atoms with Crippen molar-refractivity contribution in [2.75, 3.05) is 24.6 Å². The van der Waals surface area contributed by atoms with Gasteiger partial charge in [-0.3, -0.25) is 4.79 Å². The summed E-state index contributed by atoms with van der Waals surface area (Å²) < 4.78 is 7.87. The summed E-state index contributed by atoms with van der Waals surface area (Å²) in [6, 6.07) is 9.28. The van der Waals surface area contributed by atoms with Crippen LogP contribution in [-0.2, 0) is 11.3 Å². The molecule has 1 saturated heterocycles. The van der Waals surface area contributed by atoms with Crippen molar-refractivity contribution in [2.45, 2.75) is 19.6 Å². The summed E-state index contributed by atoms with van der Waals surface area (Å²) in [7, 11) is 0. The first-order valence-corrected chi connectivity index (χ1v) is 8.61. The van der Waals surface area contributed by atoms with Gasteiger partial charge in [0.15, 0.2) is 5.82 Å². The zero-order valence-electron chi connectivity index (χ0n) is 14.5. The fraction of sp³-hybridized carbons (Fsp3) is 0.333. The fourth-order valence-electron chi connectivity index (χ4n) is 3.30. The Morgan fingerprint density at radius 2 is 2.23 bits per heavy atom. The molecule has 3 heterocycles.